The Hall–Kier alpha value is -2.33. The van der Waals surface area contributed by atoms with Gasteiger partial charge >= 0.3 is 0 Å². The van der Waals surface area contributed by atoms with Gasteiger partial charge in [0.2, 0.25) is 0 Å². The molecule has 0 bridgehead atoms. The summed E-state index contributed by atoms with van der Waals surface area (Å²) in [6.45, 7) is 2.74. The lowest BCUT2D eigenvalue weighted by molar-refractivity contribution is 0.0937. The average molecular weight is 339 g/mol. The van der Waals surface area contributed by atoms with Crippen molar-refractivity contribution < 1.29 is 14.3 Å². The summed E-state index contributed by atoms with van der Waals surface area (Å²) in [6, 6.07) is 17.3. The molecule has 1 saturated carbocycles. The Balaban J connectivity index is 1.34. The standard InChI is InChI=1S/C21H25NO3/c23-21(22-13-4-14-24-15-18-7-8-18)19-9-11-20(12-10-19)25-16-17-5-2-1-3-6-17/h1-3,5-6,9-12,18H,4,7-8,13-16H2,(H,22,23). The van der Waals surface area contributed by atoms with Crippen LogP contribution in [0.5, 0.6) is 5.75 Å². The highest BCUT2D eigenvalue weighted by Gasteiger charge is 2.20. The third kappa shape index (κ3) is 6.24. The van der Waals surface area contributed by atoms with Crippen molar-refractivity contribution in [2.45, 2.75) is 25.9 Å². The zero-order chi connectivity index (χ0) is 17.3. The van der Waals surface area contributed by atoms with Crippen molar-refractivity contribution in [2.75, 3.05) is 19.8 Å². The second-order valence-electron chi connectivity index (χ2n) is 6.43. The highest BCUT2D eigenvalue weighted by atomic mass is 16.5. The number of amides is 1. The molecule has 1 aliphatic carbocycles. The van der Waals surface area contributed by atoms with Crippen molar-refractivity contribution in [1.29, 1.82) is 0 Å². The quantitative estimate of drug-likeness (QED) is 0.670. The lowest BCUT2D eigenvalue weighted by Crippen LogP contribution is -2.25. The molecule has 1 aliphatic rings. The number of carbonyl (C=O) groups is 1. The summed E-state index contributed by atoms with van der Waals surface area (Å²) in [5.41, 5.74) is 1.76. The molecule has 0 aromatic heterocycles. The molecule has 4 heteroatoms. The second kappa shape index (κ2) is 9.23. The molecule has 0 heterocycles. The minimum absolute atomic E-state index is 0.0585. The fourth-order valence-electron chi connectivity index (χ4n) is 2.46. The molecular formula is C21H25NO3. The van der Waals surface area contributed by atoms with E-state index in [1.807, 2.05) is 42.5 Å². The van der Waals surface area contributed by atoms with Gasteiger partial charge in [-0.2, -0.15) is 0 Å². The molecule has 0 spiro atoms. The van der Waals surface area contributed by atoms with Gasteiger partial charge in [-0.15, -0.1) is 0 Å². The van der Waals surface area contributed by atoms with E-state index in [1.54, 1.807) is 12.1 Å². The van der Waals surface area contributed by atoms with Crippen LogP contribution in [0.1, 0.15) is 35.2 Å². The van der Waals surface area contributed by atoms with Crippen molar-refractivity contribution in [1.82, 2.24) is 5.32 Å². The lowest BCUT2D eigenvalue weighted by atomic mass is 10.2. The minimum atomic E-state index is -0.0585. The summed E-state index contributed by atoms with van der Waals surface area (Å²) in [4.78, 5) is 12.1. The first-order valence-corrected chi connectivity index (χ1v) is 8.94. The Morgan fingerprint density at radius 3 is 2.52 bits per heavy atom. The molecule has 0 saturated heterocycles. The van der Waals surface area contributed by atoms with Gasteiger partial charge in [-0.25, -0.2) is 0 Å². The van der Waals surface area contributed by atoms with Crippen LogP contribution in [-0.2, 0) is 11.3 Å². The van der Waals surface area contributed by atoms with Gasteiger partial charge in [0.15, 0.2) is 0 Å². The first-order valence-electron chi connectivity index (χ1n) is 8.94. The maximum absolute atomic E-state index is 12.1. The Labute approximate surface area is 149 Å². The number of hydrogen-bond donors (Lipinski definition) is 1. The topological polar surface area (TPSA) is 47.6 Å². The van der Waals surface area contributed by atoms with E-state index < -0.39 is 0 Å². The van der Waals surface area contributed by atoms with Crippen molar-refractivity contribution in [3.8, 4) is 5.75 Å². The van der Waals surface area contributed by atoms with Crippen LogP contribution in [0, 0.1) is 5.92 Å². The van der Waals surface area contributed by atoms with Crippen LogP contribution in [0.4, 0.5) is 0 Å². The van der Waals surface area contributed by atoms with E-state index in [1.165, 1.54) is 12.8 Å². The zero-order valence-corrected chi connectivity index (χ0v) is 14.4. The minimum Gasteiger partial charge on any atom is -0.489 e. The summed E-state index contributed by atoms with van der Waals surface area (Å²) < 4.78 is 11.3. The normalized spacial score (nSPS) is 13.4. The molecule has 2 aromatic carbocycles. The maximum Gasteiger partial charge on any atom is 0.251 e. The van der Waals surface area contributed by atoms with Crippen LogP contribution in [0.25, 0.3) is 0 Å². The maximum atomic E-state index is 12.1. The van der Waals surface area contributed by atoms with E-state index in [2.05, 4.69) is 5.32 Å². The first-order chi connectivity index (χ1) is 12.3. The van der Waals surface area contributed by atoms with Crippen LogP contribution in [0.2, 0.25) is 0 Å². The molecule has 1 N–H and O–H groups in total. The number of nitrogens with one attached hydrogen (secondary N) is 1. The molecule has 25 heavy (non-hydrogen) atoms. The van der Waals surface area contributed by atoms with Gasteiger partial charge in [0.05, 0.1) is 0 Å². The van der Waals surface area contributed by atoms with E-state index >= 15 is 0 Å². The van der Waals surface area contributed by atoms with E-state index in [4.69, 9.17) is 9.47 Å². The lowest BCUT2D eigenvalue weighted by Gasteiger charge is -2.08. The third-order valence-electron chi connectivity index (χ3n) is 4.17. The van der Waals surface area contributed by atoms with Crippen LogP contribution in [0.15, 0.2) is 54.6 Å². The smallest absolute Gasteiger partial charge is 0.251 e. The summed E-state index contributed by atoms with van der Waals surface area (Å²) in [7, 11) is 0. The number of benzene rings is 2. The van der Waals surface area contributed by atoms with Crippen molar-refractivity contribution in [3.05, 3.63) is 65.7 Å². The fourth-order valence-corrected chi connectivity index (χ4v) is 2.46. The SMILES string of the molecule is O=C(NCCCOCC1CC1)c1ccc(OCc2ccccc2)cc1. The Morgan fingerprint density at radius 2 is 1.80 bits per heavy atom. The number of hydrogen-bond acceptors (Lipinski definition) is 3. The molecule has 1 amide bonds. The van der Waals surface area contributed by atoms with Crippen LogP contribution >= 0.6 is 0 Å². The molecule has 132 valence electrons. The first kappa shape index (κ1) is 17.5. The number of carbonyl (C=O) groups excluding carboxylic acids is 1. The Kier molecular flexibility index (Phi) is 6.46. The summed E-state index contributed by atoms with van der Waals surface area (Å²) in [5.74, 6) is 1.49. The van der Waals surface area contributed by atoms with Crippen LogP contribution in [0.3, 0.4) is 0 Å². The van der Waals surface area contributed by atoms with E-state index in [0.717, 1.165) is 30.3 Å². The zero-order valence-electron chi connectivity index (χ0n) is 14.4. The molecule has 0 aliphatic heterocycles. The molecular weight excluding hydrogens is 314 g/mol. The Morgan fingerprint density at radius 1 is 1.04 bits per heavy atom. The summed E-state index contributed by atoms with van der Waals surface area (Å²) >= 11 is 0. The van der Waals surface area contributed by atoms with Gasteiger partial charge in [-0.05, 0) is 55.0 Å². The summed E-state index contributed by atoms with van der Waals surface area (Å²) in [6.07, 6.45) is 3.46. The molecule has 0 atom stereocenters. The Bertz CT molecular complexity index is 651. The number of rotatable bonds is 10. The van der Waals surface area contributed by atoms with Crippen LogP contribution in [-0.4, -0.2) is 25.7 Å². The van der Waals surface area contributed by atoms with Gasteiger partial charge in [-0.3, -0.25) is 4.79 Å². The number of ether oxygens (including phenoxy) is 2. The predicted molar refractivity (Wildman–Crippen MR) is 97.7 cm³/mol. The molecule has 1 fully saturated rings. The predicted octanol–water partition coefficient (Wildman–Crippen LogP) is 3.81. The van der Waals surface area contributed by atoms with Crippen LogP contribution < -0.4 is 10.1 Å². The van der Waals surface area contributed by atoms with Gasteiger partial charge < -0.3 is 14.8 Å². The van der Waals surface area contributed by atoms with Gasteiger partial charge in [-0.1, -0.05) is 30.3 Å². The largest absolute Gasteiger partial charge is 0.489 e. The molecule has 3 rings (SSSR count). The second-order valence-corrected chi connectivity index (χ2v) is 6.43. The van der Waals surface area contributed by atoms with E-state index in [-0.39, 0.29) is 5.91 Å². The highest BCUT2D eigenvalue weighted by molar-refractivity contribution is 5.94. The molecule has 0 radical (unpaired) electrons. The van der Waals surface area contributed by atoms with Gasteiger partial charge in [0, 0.05) is 25.3 Å². The van der Waals surface area contributed by atoms with E-state index in [0.29, 0.717) is 25.3 Å². The van der Waals surface area contributed by atoms with E-state index in [9.17, 15) is 4.79 Å². The van der Waals surface area contributed by atoms with Crippen molar-refractivity contribution in [2.24, 2.45) is 5.92 Å². The average Bonchev–Trinajstić information content (AvgIpc) is 3.48. The molecule has 4 nitrogen and oxygen atoms in total. The fraction of sp³-hybridized carbons (Fsp3) is 0.381. The van der Waals surface area contributed by atoms with Crippen molar-refractivity contribution >= 4 is 5.91 Å². The van der Waals surface area contributed by atoms with Crippen molar-refractivity contribution in [3.63, 3.8) is 0 Å². The monoisotopic (exact) mass is 339 g/mol. The van der Waals surface area contributed by atoms with Gasteiger partial charge in [0.1, 0.15) is 12.4 Å². The highest BCUT2D eigenvalue weighted by Crippen LogP contribution is 2.28. The molecule has 2 aromatic rings. The molecule has 0 unspecified atom stereocenters. The third-order valence-corrected chi connectivity index (χ3v) is 4.17. The summed E-state index contributed by atoms with van der Waals surface area (Å²) in [5, 5.41) is 2.92. The van der Waals surface area contributed by atoms with Gasteiger partial charge in [0.25, 0.3) is 5.91 Å².